The second kappa shape index (κ2) is 15.7. The molecular formula is CoO12P3VZr-3. The summed E-state index contributed by atoms with van der Waals surface area (Å²) < 4.78 is 25.6. The molecule has 0 rings (SSSR count). The van der Waals surface area contributed by atoms with Gasteiger partial charge in [-0.15, -0.1) is 0 Å². The zero-order valence-corrected chi connectivity index (χ0v) is 15.1. The van der Waals surface area contributed by atoms with E-state index in [1.54, 1.807) is 0 Å². The monoisotopic (exact) mass is 485 g/mol. The van der Waals surface area contributed by atoms with Crippen molar-refractivity contribution in [1.29, 1.82) is 0 Å². The largest absolute Gasteiger partial charge is 4.00 e. The van der Waals surface area contributed by atoms with Gasteiger partial charge in [0.05, 0.1) is 0 Å². The Kier molecular flexibility index (Phi) is 32.2. The van der Waals surface area contributed by atoms with Gasteiger partial charge in [0.2, 0.25) is 0 Å². The fraction of sp³-hybridized carbons (Fsp3) is 0. The van der Waals surface area contributed by atoms with E-state index in [0.29, 0.717) is 0 Å². The van der Waals surface area contributed by atoms with Crippen LogP contribution < -0.4 is 44.0 Å². The van der Waals surface area contributed by atoms with Crippen LogP contribution in [0.3, 0.4) is 0 Å². The van der Waals surface area contributed by atoms with Crippen LogP contribution in [0, 0.1) is 0 Å². The Labute approximate surface area is 142 Å². The summed E-state index contributed by atoms with van der Waals surface area (Å²) in [4.78, 5) is 76.9. The Morgan fingerprint density at radius 3 is 0.500 bits per heavy atom. The maximum absolute atomic E-state index is 8.55. The smallest absolute Gasteiger partial charge is 0.822 e. The fourth-order valence-corrected chi connectivity index (χ4v) is 0. The van der Waals surface area contributed by atoms with Crippen molar-refractivity contribution in [1.82, 2.24) is 0 Å². The van der Waals surface area contributed by atoms with E-state index in [1.807, 2.05) is 0 Å². The van der Waals surface area contributed by atoms with Gasteiger partial charge in [-0.1, -0.05) is 0 Å². The molecule has 0 unspecified atom stereocenters. The molecule has 108 valence electrons. The molecule has 0 atom stereocenters. The first-order chi connectivity index (χ1) is 6.00. The van der Waals surface area contributed by atoms with Crippen molar-refractivity contribution in [2.45, 2.75) is 0 Å². The molecule has 0 spiro atoms. The molecular weight excluding hydrogens is 486 g/mol. The second-order valence-corrected chi connectivity index (χ2v) is 4.02. The molecule has 0 aromatic carbocycles. The second-order valence-electron chi connectivity index (χ2n) is 1.34. The maximum atomic E-state index is 8.55. The Morgan fingerprint density at radius 2 is 0.500 bits per heavy atom. The minimum Gasteiger partial charge on any atom is -0.822 e. The number of hydrogen-bond donors (Lipinski definition) is 0. The van der Waals surface area contributed by atoms with Crippen LogP contribution >= 0.6 is 23.5 Å². The molecule has 0 bridgehead atoms. The Balaban J connectivity index is -0.0000000277. The first-order valence-electron chi connectivity index (χ1n) is 2.19. The summed E-state index contributed by atoms with van der Waals surface area (Å²) in [5, 5.41) is 0. The molecule has 0 saturated carbocycles. The number of hydrogen-bond acceptors (Lipinski definition) is 12. The summed E-state index contributed by atoms with van der Waals surface area (Å²) in [6.07, 6.45) is 0. The molecule has 0 aliphatic heterocycles. The van der Waals surface area contributed by atoms with Gasteiger partial charge in [-0.2, -0.15) is 23.5 Å². The Hall–Kier alpha value is 2.30. The molecule has 0 aromatic rings. The van der Waals surface area contributed by atoms with Crippen molar-refractivity contribution in [3.63, 3.8) is 0 Å². The van der Waals surface area contributed by atoms with E-state index in [-0.39, 0.29) is 61.5 Å². The van der Waals surface area contributed by atoms with Crippen molar-refractivity contribution >= 4 is 23.5 Å². The first-order valence-corrected chi connectivity index (χ1v) is 6.57. The van der Waals surface area contributed by atoms with Gasteiger partial charge in [0.1, 0.15) is 0 Å². The van der Waals surface area contributed by atoms with E-state index in [2.05, 4.69) is 0 Å². The summed E-state index contributed by atoms with van der Waals surface area (Å²) >= 11 is 0. The van der Waals surface area contributed by atoms with Gasteiger partial charge in [0, 0.05) is 18.6 Å². The zero-order chi connectivity index (χ0) is 13.5. The van der Waals surface area contributed by atoms with Gasteiger partial charge in [0.25, 0.3) is 0 Å². The molecule has 0 amide bonds. The molecule has 0 aromatic heterocycles. The molecule has 0 heterocycles. The maximum Gasteiger partial charge on any atom is 4.00 e. The number of rotatable bonds is 0. The van der Waals surface area contributed by atoms with E-state index in [4.69, 9.17) is 57.7 Å². The topological polar surface area (TPSA) is 259 Å². The van der Waals surface area contributed by atoms with Crippen LogP contribution in [0.4, 0.5) is 0 Å². The summed E-state index contributed by atoms with van der Waals surface area (Å²) in [5.41, 5.74) is 0. The van der Waals surface area contributed by atoms with Crippen LogP contribution in [0.2, 0.25) is 0 Å². The van der Waals surface area contributed by atoms with Gasteiger partial charge in [-0.05, 0) is 0 Å². The molecule has 18 heavy (non-hydrogen) atoms. The summed E-state index contributed by atoms with van der Waals surface area (Å²) in [6, 6.07) is 0. The van der Waals surface area contributed by atoms with Crippen molar-refractivity contribution in [3.8, 4) is 0 Å². The van der Waals surface area contributed by atoms with E-state index in [0.717, 1.165) is 0 Å². The van der Waals surface area contributed by atoms with Gasteiger partial charge < -0.3 is 57.7 Å². The van der Waals surface area contributed by atoms with Crippen LogP contribution in [0.25, 0.3) is 0 Å². The van der Waals surface area contributed by atoms with Crippen LogP contribution in [0.5, 0.6) is 0 Å². The van der Waals surface area contributed by atoms with Gasteiger partial charge in [-0.25, -0.2) is 0 Å². The summed E-state index contributed by atoms with van der Waals surface area (Å²) in [6.45, 7) is 0. The van der Waals surface area contributed by atoms with E-state index >= 15 is 0 Å². The zero-order valence-electron chi connectivity index (χ0n) is 7.52. The third-order valence-electron chi connectivity index (χ3n) is 0. The minimum absolute atomic E-state index is 0. The average molecular weight is 486 g/mol. The summed E-state index contributed by atoms with van der Waals surface area (Å²) in [5.74, 6) is 0. The number of phosphoric acid groups is 3. The molecule has 0 saturated heterocycles. The fourth-order valence-electron chi connectivity index (χ4n) is 0. The van der Waals surface area contributed by atoms with E-state index in [1.165, 1.54) is 0 Å². The van der Waals surface area contributed by atoms with Gasteiger partial charge >= 0.3 is 43.0 Å². The van der Waals surface area contributed by atoms with E-state index < -0.39 is 23.5 Å². The molecule has 0 aliphatic carbocycles. The molecule has 18 heteroatoms. The summed E-state index contributed by atoms with van der Waals surface area (Å²) in [7, 11) is -16.2. The van der Waals surface area contributed by atoms with Gasteiger partial charge in [-0.3, -0.25) is 0 Å². The predicted octanol–water partition coefficient (Wildman–Crippen LogP) is -8.48. The standard InChI is InChI=1S/Co.3H3O4P.V.Zr/c;3*1-5(2,3)4;;/h;3*(H3,1,2,3,4);;/q+2;;;;;+4/p-9. The predicted molar refractivity (Wildman–Crippen MR) is 22.8 cm³/mol. The van der Waals surface area contributed by atoms with Crippen molar-refractivity contribution in [3.05, 3.63) is 0 Å². The molecule has 2 radical (unpaired) electrons. The third kappa shape index (κ3) is 1030. The Morgan fingerprint density at radius 1 is 0.500 bits per heavy atom. The molecule has 0 aliphatic rings. The SMILES string of the molecule is O=P([O-])([O-])[O-].O=P([O-])([O-])[O-].O=P([O-])([O-])[O-].[Co+2].[V].[Zr+4]. The molecule has 12 nitrogen and oxygen atoms in total. The van der Waals surface area contributed by atoms with Crippen LogP contribution in [0.1, 0.15) is 0 Å². The quantitative estimate of drug-likeness (QED) is 0.289. The first kappa shape index (κ1) is 37.0. The van der Waals surface area contributed by atoms with Crippen molar-refractivity contribution in [2.24, 2.45) is 0 Å². The minimum atomic E-state index is -5.39. The average Bonchev–Trinajstić information content (AvgIpc) is 1.41. The molecule has 0 N–H and O–H groups in total. The van der Waals surface area contributed by atoms with Crippen LogP contribution in [-0.2, 0) is 75.2 Å². The van der Waals surface area contributed by atoms with Crippen LogP contribution in [0.15, 0.2) is 0 Å². The Bertz CT molecular complexity index is 213. The van der Waals surface area contributed by atoms with Crippen molar-refractivity contribution in [2.75, 3.05) is 0 Å². The third-order valence-corrected chi connectivity index (χ3v) is 0. The van der Waals surface area contributed by atoms with E-state index in [9.17, 15) is 0 Å². The molecule has 0 fully saturated rings. The normalized spacial score (nSPS) is 9.83. The van der Waals surface area contributed by atoms with Gasteiger partial charge in [0.15, 0.2) is 0 Å². The van der Waals surface area contributed by atoms with Crippen LogP contribution in [-0.4, -0.2) is 0 Å². The van der Waals surface area contributed by atoms with Crippen molar-refractivity contribution < 1.29 is 119 Å².